The summed E-state index contributed by atoms with van der Waals surface area (Å²) in [6, 6.07) is 5.85. The number of hydrogen-bond acceptors (Lipinski definition) is 5. The van der Waals surface area contributed by atoms with Gasteiger partial charge < -0.3 is 9.52 Å². The highest BCUT2D eigenvalue weighted by molar-refractivity contribution is 7.93. The van der Waals surface area contributed by atoms with Crippen molar-refractivity contribution in [3.05, 3.63) is 52.3 Å². The number of benzene rings is 1. The second-order valence-electron chi connectivity index (χ2n) is 9.50. The summed E-state index contributed by atoms with van der Waals surface area (Å²) in [5.74, 6) is 0.563. The van der Waals surface area contributed by atoms with Crippen molar-refractivity contribution in [3.63, 3.8) is 0 Å². The number of furan rings is 1. The average molecular weight is 430 g/mol. The zero-order valence-corrected chi connectivity index (χ0v) is 18.8. The Bertz CT molecular complexity index is 1070. The second kappa shape index (κ2) is 7.65. The molecule has 4 rings (SSSR count). The van der Waals surface area contributed by atoms with Crippen molar-refractivity contribution in [1.29, 1.82) is 4.78 Å². The van der Waals surface area contributed by atoms with E-state index < -0.39 is 15.3 Å². The zero-order chi connectivity index (χ0) is 21.7. The Labute approximate surface area is 178 Å². The molecule has 0 radical (unpaired) electrons. The third-order valence-electron chi connectivity index (χ3n) is 6.60. The Morgan fingerprint density at radius 3 is 2.70 bits per heavy atom. The SMILES string of the molecule is C[C@@H](c1ccc2c(c1CC(=O)C[S@@](=N)(=O)c1cc(C(C)(C)O)co1)CCC2)C1CC1. The third-order valence-corrected chi connectivity index (χ3v) is 8.19. The Morgan fingerprint density at radius 2 is 2.07 bits per heavy atom. The maximum atomic E-state index is 13.0. The van der Waals surface area contributed by atoms with Crippen LogP contribution < -0.4 is 0 Å². The van der Waals surface area contributed by atoms with Crippen LogP contribution in [0, 0.1) is 10.7 Å². The fourth-order valence-corrected chi connectivity index (χ4v) is 5.82. The van der Waals surface area contributed by atoms with E-state index in [4.69, 9.17) is 9.20 Å². The summed E-state index contributed by atoms with van der Waals surface area (Å²) in [4.78, 5) is 13.0. The fourth-order valence-electron chi connectivity index (χ4n) is 4.60. The van der Waals surface area contributed by atoms with Crippen molar-refractivity contribution in [1.82, 2.24) is 0 Å². The van der Waals surface area contributed by atoms with Gasteiger partial charge in [-0.3, -0.25) is 4.79 Å². The summed E-state index contributed by atoms with van der Waals surface area (Å²) in [5.41, 5.74) is 4.29. The molecule has 1 saturated carbocycles. The number of nitrogens with one attached hydrogen (secondary N) is 1. The number of fused-ring (bicyclic) bond motifs is 1. The Balaban J connectivity index is 1.57. The molecule has 0 saturated heterocycles. The van der Waals surface area contributed by atoms with Crippen LogP contribution in [-0.4, -0.2) is 20.9 Å². The predicted molar refractivity (Wildman–Crippen MR) is 116 cm³/mol. The molecule has 2 atom stereocenters. The largest absolute Gasteiger partial charge is 0.454 e. The highest BCUT2D eigenvalue weighted by Gasteiger charge is 2.32. The molecule has 0 spiro atoms. The molecule has 162 valence electrons. The molecule has 30 heavy (non-hydrogen) atoms. The molecule has 2 aromatic rings. The van der Waals surface area contributed by atoms with Gasteiger partial charge in [0.05, 0.1) is 17.6 Å². The van der Waals surface area contributed by atoms with Crippen molar-refractivity contribution >= 4 is 15.5 Å². The van der Waals surface area contributed by atoms with Crippen molar-refractivity contribution in [2.45, 2.75) is 75.9 Å². The van der Waals surface area contributed by atoms with E-state index in [1.165, 1.54) is 41.9 Å². The van der Waals surface area contributed by atoms with E-state index in [9.17, 15) is 14.1 Å². The standard InChI is InChI=1S/C24H31NO4S/c1-15(16-7-8-16)20-10-9-17-5-4-6-21(17)22(20)12-19(26)14-30(25,28)23-11-18(13-29-23)24(2,3)27/h9-11,13,15-16,25,27H,4-8,12,14H2,1-3H3/t15-,30-/m1/s1. The summed E-state index contributed by atoms with van der Waals surface area (Å²) in [7, 11) is -3.40. The molecule has 2 aliphatic rings. The lowest BCUT2D eigenvalue weighted by Gasteiger charge is -2.19. The Hall–Kier alpha value is -1.92. The monoisotopic (exact) mass is 429 g/mol. The molecule has 0 bridgehead atoms. The van der Waals surface area contributed by atoms with Crippen LogP contribution in [0.5, 0.6) is 0 Å². The van der Waals surface area contributed by atoms with E-state index in [0.29, 0.717) is 17.4 Å². The molecule has 0 amide bonds. The van der Waals surface area contributed by atoms with Gasteiger partial charge in [0.15, 0.2) is 10.9 Å². The molecular weight excluding hydrogens is 398 g/mol. The molecular formula is C24H31NO4S. The molecule has 1 aromatic heterocycles. The van der Waals surface area contributed by atoms with Gasteiger partial charge >= 0.3 is 0 Å². The number of Topliss-reactive ketones (excluding diaryl/α,β-unsaturated/α-hetero) is 1. The van der Waals surface area contributed by atoms with E-state index in [1.54, 1.807) is 13.8 Å². The van der Waals surface area contributed by atoms with Gasteiger partial charge in [-0.25, -0.2) is 8.99 Å². The number of carbonyl (C=O) groups excluding carboxylic acids is 1. The van der Waals surface area contributed by atoms with E-state index in [2.05, 4.69) is 19.1 Å². The third kappa shape index (κ3) is 4.26. The van der Waals surface area contributed by atoms with Gasteiger partial charge in [-0.15, -0.1) is 0 Å². The molecule has 5 nitrogen and oxygen atoms in total. The quantitative estimate of drug-likeness (QED) is 0.635. The molecule has 0 aliphatic heterocycles. The smallest absolute Gasteiger partial charge is 0.199 e. The Morgan fingerprint density at radius 1 is 1.33 bits per heavy atom. The van der Waals surface area contributed by atoms with Gasteiger partial charge in [-0.2, -0.15) is 0 Å². The first kappa shape index (κ1) is 21.3. The molecule has 2 aliphatic carbocycles. The van der Waals surface area contributed by atoms with Crippen molar-refractivity contribution in [3.8, 4) is 0 Å². The highest BCUT2D eigenvalue weighted by atomic mass is 32.2. The van der Waals surface area contributed by atoms with Crippen LogP contribution >= 0.6 is 0 Å². The van der Waals surface area contributed by atoms with E-state index >= 15 is 0 Å². The van der Waals surface area contributed by atoms with Crippen LogP contribution in [0.15, 0.2) is 34.0 Å². The maximum absolute atomic E-state index is 13.0. The van der Waals surface area contributed by atoms with Crippen molar-refractivity contribution in [2.24, 2.45) is 5.92 Å². The molecule has 1 aromatic carbocycles. The zero-order valence-electron chi connectivity index (χ0n) is 18.0. The van der Waals surface area contributed by atoms with Gasteiger partial charge in [0.25, 0.3) is 0 Å². The lowest BCUT2D eigenvalue weighted by molar-refractivity contribution is -0.116. The summed E-state index contributed by atoms with van der Waals surface area (Å²) in [6.45, 7) is 5.44. The summed E-state index contributed by atoms with van der Waals surface area (Å²) < 4.78 is 26.6. The van der Waals surface area contributed by atoms with Crippen LogP contribution in [0.3, 0.4) is 0 Å². The van der Waals surface area contributed by atoms with Gasteiger partial charge in [0, 0.05) is 18.1 Å². The predicted octanol–water partition coefficient (Wildman–Crippen LogP) is 4.73. The topological polar surface area (TPSA) is 91.4 Å². The minimum atomic E-state index is -3.40. The summed E-state index contributed by atoms with van der Waals surface area (Å²) >= 11 is 0. The van der Waals surface area contributed by atoms with E-state index in [1.807, 2.05) is 0 Å². The van der Waals surface area contributed by atoms with Crippen LogP contribution in [0.1, 0.15) is 73.8 Å². The first-order valence-corrected chi connectivity index (χ1v) is 12.5. The number of hydrogen-bond donors (Lipinski definition) is 2. The van der Waals surface area contributed by atoms with E-state index in [0.717, 1.165) is 24.8 Å². The number of aryl methyl sites for hydroxylation is 1. The number of carbonyl (C=O) groups is 1. The van der Waals surface area contributed by atoms with Gasteiger partial charge in [-0.1, -0.05) is 19.1 Å². The maximum Gasteiger partial charge on any atom is 0.199 e. The van der Waals surface area contributed by atoms with Crippen molar-refractivity contribution in [2.75, 3.05) is 5.75 Å². The first-order chi connectivity index (χ1) is 14.1. The minimum absolute atomic E-state index is 0.0437. The lowest BCUT2D eigenvalue weighted by atomic mass is 9.86. The van der Waals surface area contributed by atoms with Crippen LogP contribution in [0.25, 0.3) is 0 Å². The minimum Gasteiger partial charge on any atom is -0.454 e. The number of rotatable bonds is 8. The number of ketones is 1. The molecule has 6 heteroatoms. The Kier molecular flexibility index (Phi) is 5.43. The summed E-state index contributed by atoms with van der Waals surface area (Å²) in [5, 5.41) is 10.0. The summed E-state index contributed by atoms with van der Waals surface area (Å²) in [6.07, 6.45) is 7.18. The van der Waals surface area contributed by atoms with Gasteiger partial charge in [-0.05, 0) is 80.0 Å². The highest BCUT2D eigenvalue weighted by Crippen LogP contribution is 2.44. The van der Waals surface area contributed by atoms with Crippen LogP contribution in [-0.2, 0) is 39.4 Å². The molecule has 1 fully saturated rings. The lowest BCUT2D eigenvalue weighted by Crippen LogP contribution is -2.19. The molecule has 0 unspecified atom stereocenters. The molecule has 1 heterocycles. The fraction of sp³-hybridized carbons (Fsp3) is 0.542. The van der Waals surface area contributed by atoms with Crippen LogP contribution in [0.4, 0.5) is 0 Å². The average Bonchev–Trinajstić information content (AvgIpc) is 3.16. The van der Waals surface area contributed by atoms with Gasteiger partial charge in [0.1, 0.15) is 9.73 Å². The number of aliphatic hydroxyl groups is 1. The first-order valence-electron chi connectivity index (χ1n) is 10.8. The van der Waals surface area contributed by atoms with Crippen molar-refractivity contribution < 1.29 is 18.5 Å². The van der Waals surface area contributed by atoms with E-state index in [-0.39, 0.29) is 23.0 Å². The van der Waals surface area contributed by atoms with Gasteiger partial charge in [0.2, 0.25) is 0 Å². The molecule has 2 N–H and O–H groups in total. The normalized spacial score (nSPS) is 19.3. The van der Waals surface area contributed by atoms with Crippen LogP contribution in [0.2, 0.25) is 0 Å². The second-order valence-corrected chi connectivity index (χ2v) is 11.5.